The van der Waals surface area contributed by atoms with Crippen LogP contribution in [-0.4, -0.2) is 22.4 Å². The van der Waals surface area contributed by atoms with Crippen molar-refractivity contribution in [2.24, 2.45) is 7.05 Å². The molecular weight excluding hydrogens is 312 g/mol. The van der Waals surface area contributed by atoms with Crippen molar-refractivity contribution in [3.63, 3.8) is 0 Å². The molecule has 132 valence electrons. The summed E-state index contributed by atoms with van der Waals surface area (Å²) in [5.74, 6) is 0.871. The van der Waals surface area contributed by atoms with Crippen molar-refractivity contribution in [2.75, 3.05) is 6.61 Å². The van der Waals surface area contributed by atoms with Crippen LogP contribution in [-0.2, 0) is 13.6 Å². The highest BCUT2D eigenvalue weighted by Crippen LogP contribution is 2.23. The van der Waals surface area contributed by atoms with Crippen LogP contribution >= 0.6 is 0 Å². The lowest BCUT2D eigenvalue weighted by Gasteiger charge is -2.14. The molecule has 1 aromatic heterocycles. The molecule has 4 nitrogen and oxygen atoms in total. The Morgan fingerprint density at radius 1 is 1.04 bits per heavy atom. The third kappa shape index (κ3) is 3.54. The Kier molecular flexibility index (Phi) is 4.82. The van der Waals surface area contributed by atoms with Gasteiger partial charge in [-0.25, -0.2) is 9.13 Å². The van der Waals surface area contributed by atoms with Crippen molar-refractivity contribution in [3.8, 4) is 5.75 Å². The van der Waals surface area contributed by atoms with Crippen LogP contribution in [0.3, 0.4) is 0 Å². The number of aliphatic hydroxyl groups is 1. The molecule has 0 aliphatic heterocycles. The molecule has 3 rings (SSSR count). The van der Waals surface area contributed by atoms with Gasteiger partial charge in [-0.1, -0.05) is 18.2 Å². The van der Waals surface area contributed by atoms with Crippen molar-refractivity contribution in [1.29, 1.82) is 0 Å². The summed E-state index contributed by atoms with van der Waals surface area (Å²) in [6, 6.07) is 10.5. The van der Waals surface area contributed by atoms with Crippen molar-refractivity contribution in [3.05, 3.63) is 58.9 Å². The van der Waals surface area contributed by atoms with E-state index in [0.29, 0.717) is 6.54 Å². The monoisotopic (exact) mass is 339 g/mol. The number of para-hydroxylation sites is 1. The molecule has 0 bridgehead atoms. The standard InChI is InChI=1S/C21H27N2O2/c1-14-7-6-8-15(2)21(14)25-12-18(24)11-23-13-22(5)19-9-16(3)17(4)10-20(19)23/h6-10,13,18,24H,11-12H2,1-5H3/q+1. The Balaban J connectivity index is 1.76. The topological polar surface area (TPSA) is 38.3 Å². The Morgan fingerprint density at radius 3 is 2.36 bits per heavy atom. The molecular formula is C21H27N2O2+. The van der Waals surface area contributed by atoms with Gasteiger partial charge in [0, 0.05) is 0 Å². The number of aryl methyl sites for hydroxylation is 5. The number of aliphatic hydroxyl groups excluding tert-OH is 1. The third-order valence-corrected chi connectivity index (χ3v) is 4.83. The van der Waals surface area contributed by atoms with Crippen molar-refractivity contribution < 1.29 is 14.4 Å². The van der Waals surface area contributed by atoms with Crippen LogP contribution in [0.2, 0.25) is 0 Å². The SMILES string of the molecule is Cc1cc2c(cc1C)[n+](C)cn2CC(O)COc1c(C)cccc1C. The van der Waals surface area contributed by atoms with Gasteiger partial charge in [-0.3, -0.25) is 0 Å². The molecule has 0 radical (unpaired) electrons. The molecule has 0 saturated carbocycles. The van der Waals surface area contributed by atoms with Crippen molar-refractivity contribution in [1.82, 2.24) is 4.57 Å². The first-order valence-electron chi connectivity index (χ1n) is 8.69. The number of hydrogen-bond acceptors (Lipinski definition) is 2. The number of benzene rings is 2. The largest absolute Gasteiger partial charge is 0.490 e. The number of fused-ring (bicyclic) bond motifs is 1. The highest BCUT2D eigenvalue weighted by atomic mass is 16.5. The summed E-state index contributed by atoms with van der Waals surface area (Å²) in [7, 11) is 2.03. The molecule has 1 N–H and O–H groups in total. The maximum atomic E-state index is 10.5. The lowest BCUT2D eigenvalue weighted by atomic mass is 10.1. The second-order valence-electron chi connectivity index (χ2n) is 6.99. The second-order valence-corrected chi connectivity index (χ2v) is 6.99. The molecule has 0 amide bonds. The maximum Gasteiger partial charge on any atom is 0.244 e. The van der Waals surface area contributed by atoms with Gasteiger partial charge in [0.25, 0.3) is 0 Å². The van der Waals surface area contributed by atoms with E-state index >= 15 is 0 Å². The number of ether oxygens (including phenoxy) is 1. The average molecular weight is 339 g/mol. The molecule has 3 aromatic rings. The van der Waals surface area contributed by atoms with Gasteiger partial charge in [-0.05, 0) is 62.1 Å². The minimum Gasteiger partial charge on any atom is -0.490 e. The molecule has 2 aromatic carbocycles. The third-order valence-electron chi connectivity index (χ3n) is 4.83. The van der Waals surface area contributed by atoms with Gasteiger partial charge in [0.15, 0.2) is 11.0 Å². The number of imidazole rings is 1. The van der Waals surface area contributed by atoms with Crippen LogP contribution < -0.4 is 9.30 Å². The quantitative estimate of drug-likeness (QED) is 0.725. The fourth-order valence-corrected chi connectivity index (χ4v) is 3.26. The fraction of sp³-hybridized carbons (Fsp3) is 0.381. The van der Waals surface area contributed by atoms with Crippen molar-refractivity contribution >= 4 is 11.0 Å². The number of aromatic nitrogens is 2. The zero-order valence-corrected chi connectivity index (χ0v) is 15.7. The fourth-order valence-electron chi connectivity index (χ4n) is 3.26. The van der Waals surface area contributed by atoms with Gasteiger partial charge in [0.05, 0.1) is 7.05 Å². The zero-order chi connectivity index (χ0) is 18.1. The first-order valence-corrected chi connectivity index (χ1v) is 8.69. The van der Waals surface area contributed by atoms with E-state index in [9.17, 15) is 5.11 Å². The molecule has 1 unspecified atom stereocenters. The van der Waals surface area contributed by atoms with Gasteiger partial charge >= 0.3 is 0 Å². The molecule has 0 aliphatic rings. The Morgan fingerprint density at radius 2 is 1.68 bits per heavy atom. The van der Waals surface area contributed by atoms with E-state index in [1.807, 2.05) is 45.4 Å². The normalized spacial score (nSPS) is 12.6. The van der Waals surface area contributed by atoms with Gasteiger partial charge in [-0.15, -0.1) is 0 Å². The highest BCUT2D eigenvalue weighted by Gasteiger charge is 2.18. The number of nitrogens with zero attached hydrogens (tertiary/aromatic N) is 2. The van der Waals surface area contributed by atoms with Crippen LogP contribution in [0.4, 0.5) is 0 Å². The summed E-state index contributed by atoms with van der Waals surface area (Å²) >= 11 is 0. The van der Waals surface area contributed by atoms with Gasteiger partial charge in [0.1, 0.15) is 25.0 Å². The molecule has 0 saturated heterocycles. The Labute approximate surface area is 149 Å². The summed E-state index contributed by atoms with van der Waals surface area (Å²) in [4.78, 5) is 0. The first-order chi connectivity index (χ1) is 11.9. The van der Waals surface area contributed by atoms with E-state index in [0.717, 1.165) is 22.4 Å². The summed E-state index contributed by atoms with van der Waals surface area (Å²) < 4.78 is 10.1. The maximum absolute atomic E-state index is 10.5. The van der Waals surface area contributed by atoms with E-state index < -0.39 is 6.10 Å². The zero-order valence-electron chi connectivity index (χ0n) is 15.7. The second kappa shape index (κ2) is 6.89. The smallest absolute Gasteiger partial charge is 0.244 e. The number of rotatable bonds is 5. The summed E-state index contributed by atoms with van der Waals surface area (Å²) in [6.45, 7) is 9.08. The van der Waals surface area contributed by atoms with Gasteiger partial charge in [-0.2, -0.15) is 0 Å². The molecule has 1 heterocycles. The van der Waals surface area contributed by atoms with Gasteiger partial charge in [0.2, 0.25) is 6.33 Å². The molecule has 25 heavy (non-hydrogen) atoms. The Bertz CT molecular complexity index is 892. The van der Waals surface area contributed by atoms with E-state index in [1.54, 1.807) is 0 Å². The van der Waals surface area contributed by atoms with Gasteiger partial charge < -0.3 is 9.84 Å². The van der Waals surface area contributed by atoms with Crippen LogP contribution in [0, 0.1) is 27.7 Å². The first kappa shape index (κ1) is 17.5. The molecule has 0 fully saturated rings. The minimum absolute atomic E-state index is 0.278. The van der Waals surface area contributed by atoms with E-state index in [-0.39, 0.29) is 6.61 Å². The van der Waals surface area contributed by atoms with E-state index in [4.69, 9.17) is 4.74 Å². The summed E-state index contributed by atoms with van der Waals surface area (Å²) in [5, 5.41) is 10.5. The highest BCUT2D eigenvalue weighted by molar-refractivity contribution is 5.74. The predicted molar refractivity (Wildman–Crippen MR) is 100 cm³/mol. The molecule has 4 heteroatoms. The van der Waals surface area contributed by atoms with E-state index in [1.165, 1.54) is 16.6 Å². The summed E-state index contributed by atoms with van der Waals surface area (Å²) in [6.07, 6.45) is 1.46. The van der Waals surface area contributed by atoms with Crippen molar-refractivity contribution in [2.45, 2.75) is 40.3 Å². The molecule has 0 spiro atoms. The van der Waals surface area contributed by atoms with E-state index in [2.05, 4.69) is 35.1 Å². The minimum atomic E-state index is -0.573. The van der Waals surface area contributed by atoms with Crippen LogP contribution in [0.15, 0.2) is 36.7 Å². The predicted octanol–water partition coefficient (Wildman–Crippen LogP) is 3.14. The lowest BCUT2D eigenvalue weighted by Crippen LogP contribution is -2.27. The number of hydrogen-bond donors (Lipinski definition) is 1. The molecule has 1 atom stereocenters. The lowest BCUT2D eigenvalue weighted by molar-refractivity contribution is -0.645. The molecule has 0 aliphatic carbocycles. The van der Waals surface area contributed by atoms with Crippen LogP contribution in [0.1, 0.15) is 22.3 Å². The van der Waals surface area contributed by atoms with Crippen LogP contribution in [0.5, 0.6) is 5.75 Å². The van der Waals surface area contributed by atoms with Crippen LogP contribution in [0.25, 0.3) is 11.0 Å². The Hall–Kier alpha value is -2.33. The average Bonchev–Trinajstić information content (AvgIpc) is 2.83. The summed E-state index contributed by atoms with van der Waals surface area (Å²) in [5.41, 5.74) is 7.03.